The molecule has 2 aromatic rings. The Morgan fingerprint density at radius 2 is 1.81 bits per heavy atom. The molecule has 1 aromatic carbocycles. The number of aromatic nitrogens is 3. The van der Waals surface area contributed by atoms with Gasteiger partial charge in [0.25, 0.3) is 5.91 Å². The molecular formula is C20H25N5O. The monoisotopic (exact) mass is 351 g/mol. The van der Waals surface area contributed by atoms with Crippen LogP contribution in [-0.2, 0) is 6.54 Å². The van der Waals surface area contributed by atoms with Crippen LogP contribution >= 0.6 is 0 Å². The van der Waals surface area contributed by atoms with Crippen molar-refractivity contribution in [2.75, 3.05) is 11.1 Å². The SMILES string of the molecule is Nc1ccccc1NC(=O)c1cn(CC23CC4CC(CC(C4)C2)C3)nn1. The average Bonchev–Trinajstić information content (AvgIpc) is 3.03. The molecule has 0 atom stereocenters. The van der Waals surface area contributed by atoms with Crippen molar-refractivity contribution < 1.29 is 4.79 Å². The molecule has 6 heteroatoms. The molecule has 0 unspecified atom stereocenters. The van der Waals surface area contributed by atoms with E-state index in [1.54, 1.807) is 18.3 Å². The zero-order valence-electron chi connectivity index (χ0n) is 14.9. The molecule has 4 bridgehead atoms. The molecule has 4 fully saturated rings. The van der Waals surface area contributed by atoms with Gasteiger partial charge >= 0.3 is 0 Å². The summed E-state index contributed by atoms with van der Waals surface area (Å²) in [6, 6.07) is 7.23. The topological polar surface area (TPSA) is 85.8 Å². The smallest absolute Gasteiger partial charge is 0.277 e. The number of nitrogen functional groups attached to an aromatic ring is 1. The average molecular weight is 351 g/mol. The van der Waals surface area contributed by atoms with E-state index in [-0.39, 0.29) is 5.91 Å². The largest absolute Gasteiger partial charge is 0.397 e. The van der Waals surface area contributed by atoms with Crippen molar-refractivity contribution >= 4 is 17.3 Å². The quantitative estimate of drug-likeness (QED) is 0.827. The van der Waals surface area contributed by atoms with Crippen LogP contribution in [0.4, 0.5) is 11.4 Å². The third-order valence-corrected chi connectivity index (χ3v) is 6.64. The van der Waals surface area contributed by atoms with Gasteiger partial charge in [-0.2, -0.15) is 0 Å². The highest BCUT2D eigenvalue weighted by Crippen LogP contribution is 2.60. The number of hydrogen-bond donors (Lipinski definition) is 2. The van der Waals surface area contributed by atoms with E-state index in [4.69, 9.17) is 5.73 Å². The van der Waals surface area contributed by atoms with Crippen molar-refractivity contribution in [2.24, 2.45) is 23.2 Å². The summed E-state index contributed by atoms with van der Waals surface area (Å²) in [6.07, 6.45) is 10.0. The van der Waals surface area contributed by atoms with E-state index in [1.165, 1.54) is 38.5 Å². The molecule has 136 valence electrons. The molecule has 1 heterocycles. The number of hydrogen-bond acceptors (Lipinski definition) is 4. The maximum absolute atomic E-state index is 12.5. The zero-order chi connectivity index (χ0) is 17.7. The first-order chi connectivity index (χ1) is 12.6. The van der Waals surface area contributed by atoms with Gasteiger partial charge in [0, 0.05) is 6.54 Å². The van der Waals surface area contributed by atoms with E-state index in [0.717, 1.165) is 24.3 Å². The van der Waals surface area contributed by atoms with E-state index < -0.39 is 0 Å². The van der Waals surface area contributed by atoms with Crippen LogP contribution in [0.5, 0.6) is 0 Å². The Balaban J connectivity index is 1.30. The van der Waals surface area contributed by atoms with Crippen molar-refractivity contribution in [3.8, 4) is 0 Å². The number of para-hydroxylation sites is 2. The third kappa shape index (κ3) is 2.77. The van der Waals surface area contributed by atoms with E-state index in [9.17, 15) is 4.79 Å². The summed E-state index contributed by atoms with van der Waals surface area (Å²) >= 11 is 0. The highest BCUT2D eigenvalue weighted by atomic mass is 16.2. The Hall–Kier alpha value is -2.37. The summed E-state index contributed by atoms with van der Waals surface area (Å²) in [5.41, 5.74) is 7.76. The predicted molar refractivity (Wildman–Crippen MR) is 99.4 cm³/mol. The second-order valence-corrected chi connectivity index (χ2v) is 8.76. The molecule has 26 heavy (non-hydrogen) atoms. The molecule has 4 saturated carbocycles. The normalized spacial score (nSPS) is 31.9. The van der Waals surface area contributed by atoms with Gasteiger partial charge in [-0.15, -0.1) is 5.10 Å². The lowest BCUT2D eigenvalue weighted by molar-refractivity contribution is -0.0637. The fraction of sp³-hybridized carbons (Fsp3) is 0.550. The lowest BCUT2D eigenvalue weighted by Crippen LogP contribution is -2.48. The summed E-state index contributed by atoms with van der Waals surface area (Å²) < 4.78 is 1.89. The lowest BCUT2D eigenvalue weighted by Gasteiger charge is -2.56. The molecule has 0 aliphatic heterocycles. The second-order valence-electron chi connectivity index (χ2n) is 8.76. The van der Waals surface area contributed by atoms with Crippen molar-refractivity contribution in [1.82, 2.24) is 15.0 Å². The first-order valence-electron chi connectivity index (χ1n) is 9.65. The highest BCUT2D eigenvalue weighted by Gasteiger charge is 2.51. The first-order valence-corrected chi connectivity index (χ1v) is 9.65. The molecular weight excluding hydrogens is 326 g/mol. The van der Waals surface area contributed by atoms with E-state index in [1.807, 2.05) is 16.8 Å². The number of rotatable bonds is 4. The zero-order valence-corrected chi connectivity index (χ0v) is 14.9. The molecule has 6 rings (SSSR count). The highest BCUT2D eigenvalue weighted by molar-refractivity contribution is 6.04. The van der Waals surface area contributed by atoms with Gasteiger partial charge in [-0.1, -0.05) is 17.3 Å². The van der Waals surface area contributed by atoms with Gasteiger partial charge in [0.15, 0.2) is 5.69 Å². The fourth-order valence-electron chi connectivity index (χ4n) is 6.10. The molecule has 6 nitrogen and oxygen atoms in total. The predicted octanol–water partition coefficient (Wildman–Crippen LogP) is 3.33. The number of nitrogens with two attached hydrogens (primary N) is 1. The van der Waals surface area contributed by atoms with Crippen LogP contribution in [-0.4, -0.2) is 20.9 Å². The summed E-state index contributed by atoms with van der Waals surface area (Å²) in [5, 5.41) is 11.2. The van der Waals surface area contributed by atoms with Crippen molar-refractivity contribution in [1.29, 1.82) is 0 Å². The summed E-state index contributed by atoms with van der Waals surface area (Å²) in [6.45, 7) is 0.893. The summed E-state index contributed by atoms with van der Waals surface area (Å²) in [4.78, 5) is 12.5. The molecule has 3 N–H and O–H groups in total. The van der Waals surface area contributed by atoms with Crippen LogP contribution in [0.2, 0.25) is 0 Å². The molecule has 0 spiro atoms. The van der Waals surface area contributed by atoms with Gasteiger partial charge < -0.3 is 11.1 Å². The number of carbonyl (C=O) groups is 1. The minimum absolute atomic E-state index is 0.264. The summed E-state index contributed by atoms with van der Waals surface area (Å²) in [7, 11) is 0. The maximum Gasteiger partial charge on any atom is 0.277 e. The fourth-order valence-corrected chi connectivity index (χ4v) is 6.10. The molecule has 1 aromatic heterocycles. The van der Waals surface area contributed by atoms with Crippen molar-refractivity contribution in [3.63, 3.8) is 0 Å². The van der Waals surface area contributed by atoms with Gasteiger partial charge in [0.2, 0.25) is 0 Å². The van der Waals surface area contributed by atoms with Crippen LogP contribution in [0, 0.1) is 23.2 Å². The molecule has 4 aliphatic carbocycles. The Morgan fingerprint density at radius 1 is 1.15 bits per heavy atom. The number of nitrogens with zero attached hydrogens (tertiary/aromatic N) is 3. The van der Waals surface area contributed by atoms with Gasteiger partial charge in [-0.25, -0.2) is 0 Å². The lowest BCUT2D eigenvalue weighted by atomic mass is 9.49. The minimum Gasteiger partial charge on any atom is -0.397 e. The number of nitrogens with one attached hydrogen (secondary N) is 1. The van der Waals surface area contributed by atoms with Gasteiger partial charge in [-0.05, 0) is 73.8 Å². The number of amides is 1. The molecule has 0 radical (unpaired) electrons. The second kappa shape index (κ2) is 5.83. The van der Waals surface area contributed by atoms with Gasteiger partial charge in [-0.3, -0.25) is 9.48 Å². The minimum atomic E-state index is -0.264. The summed E-state index contributed by atoms with van der Waals surface area (Å²) in [5.74, 6) is 2.47. The number of carbonyl (C=O) groups excluding carboxylic acids is 1. The van der Waals surface area contributed by atoms with Crippen LogP contribution in [0.15, 0.2) is 30.5 Å². The van der Waals surface area contributed by atoms with E-state index >= 15 is 0 Å². The number of benzene rings is 1. The molecule has 4 aliphatic rings. The standard InChI is InChI=1S/C20H25N5O/c21-16-3-1-2-4-17(16)22-19(26)18-11-25(24-23-18)12-20-8-13-5-14(9-20)7-15(6-13)10-20/h1-4,11,13-15H,5-10,12,21H2,(H,22,26). The first kappa shape index (κ1) is 15.9. The van der Waals surface area contributed by atoms with Crippen molar-refractivity contribution in [2.45, 2.75) is 45.1 Å². The Kier molecular flexibility index (Phi) is 3.55. The number of anilines is 2. The third-order valence-electron chi connectivity index (χ3n) is 6.64. The maximum atomic E-state index is 12.5. The van der Waals surface area contributed by atoms with Crippen molar-refractivity contribution in [3.05, 3.63) is 36.2 Å². The molecule has 0 saturated heterocycles. The van der Waals surface area contributed by atoms with Crippen LogP contribution in [0.25, 0.3) is 0 Å². The Morgan fingerprint density at radius 3 is 2.46 bits per heavy atom. The van der Waals surface area contributed by atoms with Gasteiger partial charge in [0.05, 0.1) is 17.6 Å². The van der Waals surface area contributed by atoms with Gasteiger partial charge in [0.1, 0.15) is 0 Å². The van der Waals surface area contributed by atoms with Crippen LogP contribution < -0.4 is 11.1 Å². The van der Waals surface area contributed by atoms with Crippen LogP contribution in [0.3, 0.4) is 0 Å². The van der Waals surface area contributed by atoms with Crippen LogP contribution in [0.1, 0.15) is 49.0 Å². The van der Waals surface area contributed by atoms with E-state index in [0.29, 0.717) is 22.5 Å². The molecule has 1 amide bonds. The van der Waals surface area contributed by atoms with E-state index in [2.05, 4.69) is 15.6 Å². The Bertz CT molecular complexity index is 807. The Labute approximate surface area is 153 Å².